The fourth-order valence-corrected chi connectivity index (χ4v) is 5.69. The van der Waals surface area contributed by atoms with Gasteiger partial charge in [0.15, 0.2) is 0 Å². The van der Waals surface area contributed by atoms with Crippen LogP contribution in [0.15, 0.2) is 103 Å². The van der Waals surface area contributed by atoms with Crippen LogP contribution in [0.1, 0.15) is 0 Å². The van der Waals surface area contributed by atoms with E-state index in [1.165, 1.54) is 25.6 Å². The van der Waals surface area contributed by atoms with Crippen molar-refractivity contribution in [3.8, 4) is 16.9 Å². The lowest BCUT2D eigenvalue weighted by molar-refractivity contribution is 1.15. The van der Waals surface area contributed by atoms with Gasteiger partial charge in [-0.2, -0.15) is 0 Å². The highest BCUT2D eigenvalue weighted by Crippen LogP contribution is 2.38. The van der Waals surface area contributed by atoms with Crippen molar-refractivity contribution < 1.29 is 0 Å². The molecule has 0 aliphatic heterocycles. The summed E-state index contributed by atoms with van der Waals surface area (Å²) in [6.45, 7) is 0. The van der Waals surface area contributed by atoms with Crippen molar-refractivity contribution in [2.45, 2.75) is 0 Å². The molecule has 0 fully saturated rings. The molecule has 0 aliphatic rings. The first-order valence-corrected chi connectivity index (χ1v) is 11.4. The molecular weight excluding hydrogens is 410 g/mol. The van der Waals surface area contributed by atoms with E-state index in [4.69, 9.17) is 4.98 Å². The standard InChI is InChI=1S/C28H17N3S/c1-3-13-24-20(10-1)22-17-26-27(21-11-2-4-14-25(21)32-26)30-28(22)31(24)19-9-7-8-18(16-19)23-12-5-6-15-29-23/h1-17H. The summed E-state index contributed by atoms with van der Waals surface area (Å²) in [5, 5.41) is 3.62. The third-order valence-electron chi connectivity index (χ3n) is 6.04. The predicted octanol–water partition coefficient (Wildman–Crippen LogP) is 7.61. The number of aromatic nitrogens is 3. The molecule has 4 heteroatoms. The van der Waals surface area contributed by atoms with Gasteiger partial charge in [0.25, 0.3) is 0 Å². The van der Waals surface area contributed by atoms with Crippen LogP contribution in [0.4, 0.5) is 0 Å². The predicted molar refractivity (Wildman–Crippen MR) is 135 cm³/mol. The SMILES string of the molecule is c1ccc(-c2cccc(-n3c4ccccc4c4cc5sc6ccccc6c5nc43)c2)nc1. The van der Waals surface area contributed by atoms with Crippen molar-refractivity contribution in [1.82, 2.24) is 14.5 Å². The first kappa shape index (κ1) is 17.6. The molecule has 0 amide bonds. The van der Waals surface area contributed by atoms with E-state index in [2.05, 4.69) is 88.4 Å². The van der Waals surface area contributed by atoms with Crippen LogP contribution in [0.2, 0.25) is 0 Å². The average molecular weight is 428 g/mol. The summed E-state index contributed by atoms with van der Waals surface area (Å²) in [5.41, 5.74) is 6.37. The van der Waals surface area contributed by atoms with E-state index in [9.17, 15) is 0 Å². The highest BCUT2D eigenvalue weighted by Gasteiger charge is 2.17. The van der Waals surface area contributed by atoms with Crippen LogP contribution in [0.25, 0.3) is 59.2 Å². The van der Waals surface area contributed by atoms with E-state index in [0.717, 1.165) is 33.6 Å². The molecule has 0 radical (unpaired) electrons. The number of pyridine rings is 2. The first-order valence-electron chi connectivity index (χ1n) is 10.6. The molecule has 0 saturated carbocycles. The molecule has 0 unspecified atom stereocenters. The van der Waals surface area contributed by atoms with Crippen molar-refractivity contribution in [2.24, 2.45) is 0 Å². The smallest absolute Gasteiger partial charge is 0.146 e. The quantitative estimate of drug-likeness (QED) is 0.284. The number of para-hydroxylation sites is 1. The Bertz CT molecular complexity index is 1780. The molecule has 4 heterocycles. The molecule has 3 nitrogen and oxygen atoms in total. The summed E-state index contributed by atoms with van der Waals surface area (Å²) in [6, 6.07) is 34.0. The van der Waals surface area contributed by atoms with Crippen LogP contribution in [-0.4, -0.2) is 14.5 Å². The number of rotatable bonds is 2. The second kappa shape index (κ2) is 6.74. The van der Waals surface area contributed by atoms with Gasteiger partial charge in [-0.1, -0.05) is 54.6 Å². The van der Waals surface area contributed by atoms with Gasteiger partial charge >= 0.3 is 0 Å². The van der Waals surface area contributed by atoms with Crippen LogP contribution < -0.4 is 0 Å². The lowest BCUT2D eigenvalue weighted by atomic mass is 10.1. The summed E-state index contributed by atoms with van der Waals surface area (Å²) in [5.74, 6) is 0. The zero-order valence-corrected chi connectivity index (χ0v) is 17.9. The van der Waals surface area contributed by atoms with Gasteiger partial charge in [-0.05, 0) is 42.5 Å². The zero-order valence-electron chi connectivity index (χ0n) is 17.1. The Kier molecular flexibility index (Phi) is 3.72. The minimum atomic E-state index is 0.967. The number of nitrogens with zero attached hydrogens (tertiary/aromatic N) is 3. The number of benzene rings is 3. The van der Waals surface area contributed by atoms with Crippen LogP contribution in [0, 0.1) is 0 Å². The van der Waals surface area contributed by atoms with Gasteiger partial charge in [0, 0.05) is 38.3 Å². The summed E-state index contributed by atoms with van der Waals surface area (Å²) in [7, 11) is 0. The minimum Gasteiger partial charge on any atom is -0.294 e. The zero-order chi connectivity index (χ0) is 21.1. The highest BCUT2D eigenvalue weighted by molar-refractivity contribution is 7.25. The Balaban J connectivity index is 1.58. The lowest BCUT2D eigenvalue weighted by Crippen LogP contribution is -1.96. The second-order valence-corrected chi connectivity index (χ2v) is 9.01. The molecule has 0 aliphatic carbocycles. The Morgan fingerprint density at radius 2 is 1.50 bits per heavy atom. The van der Waals surface area contributed by atoms with Crippen LogP contribution in [0.3, 0.4) is 0 Å². The molecular formula is C28H17N3S. The van der Waals surface area contributed by atoms with E-state index in [-0.39, 0.29) is 0 Å². The van der Waals surface area contributed by atoms with E-state index in [1.54, 1.807) is 0 Å². The van der Waals surface area contributed by atoms with Crippen LogP contribution >= 0.6 is 11.3 Å². The van der Waals surface area contributed by atoms with Gasteiger partial charge in [-0.3, -0.25) is 9.55 Å². The number of hydrogen-bond acceptors (Lipinski definition) is 3. The summed E-state index contributed by atoms with van der Waals surface area (Å²) in [4.78, 5) is 9.78. The average Bonchev–Trinajstić information content (AvgIpc) is 3.38. The molecule has 4 aromatic heterocycles. The molecule has 0 atom stereocenters. The van der Waals surface area contributed by atoms with Crippen molar-refractivity contribution in [3.05, 3.63) is 103 Å². The molecule has 0 N–H and O–H groups in total. The number of thiophene rings is 1. The van der Waals surface area contributed by atoms with Gasteiger partial charge in [-0.25, -0.2) is 4.98 Å². The van der Waals surface area contributed by atoms with Crippen molar-refractivity contribution in [2.75, 3.05) is 0 Å². The maximum absolute atomic E-state index is 5.24. The van der Waals surface area contributed by atoms with Gasteiger partial charge < -0.3 is 0 Å². The fraction of sp³-hybridized carbons (Fsp3) is 0. The van der Waals surface area contributed by atoms with E-state index < -0.39 is 0 Å². The molecule has 0 bridgehead atoms. The minimum absolute atomic E-state index is 0.967. The van der Waals surface area contributed by atoms with E-state index in [0.29, 0.717) is 0 Å². The van der Waals surface area contributed by atoms with Crippen molar-refractivity contribution >= 4 is 53.6 Å². The number of fused-ring (bicyclic) bond motifs is 6. The van der Waals surface area contributed by atoms with Crippen molar-refractivity contribution in [3.63, 3.8) is 0 Å². The van der Waals surface area contributed by atoms with E-state index >= 15 is 0 Å². The molecule has 7 aromatic rings. The summed E-state index contributed by atoms with van der Waals surface area (Å²) >= 11 is 1.81. The molecule has 0 saturated heterocycles. The molecule has 150 valence electrons. The van der Waals surface area contributed by atoms with Crippen LogP contribution in [0.5, 0.6) is 0 Å². The molecule has 3 aromatic carbocycles. The fourth-order valence-electron chi connectivity index (χ4n) is 4.60. The topological polar surface area (TPSA) is 30.7 Å². The monoisotopic (exact) mass is 427 g/mol. The molecule has 32 heavy (non-hydrogen) atoms. The normalized spacial score (nSPS) is 11.8. The van der Waals surface area contributed by atoms with Gasteiger partial charge in [-0.15, -0.1) is 11.3 Å². The van der Waals surface area contributed by atoms with Gasteiger partial charge in [0.05, 0.1) is 21.4 Å². The van der Waals surface area contributed by atoms with Crippen molar-refractivity contribution in [1.29, 1.82) is 0 Å². The van der Waals surface area contributed by atoms with E-state index in [1.807, 2.05) is 35.7 Å². The maximum atomic E-state index is 5.24. The van der Waals surface area contributed by atoms with Gasteiger partial charge in [0.1, 0.15) is 5.65 Å². The Labute approximate surface area is 188 Å². The summed E-state index contributed by atoms with van der Waals surface area (Å²) < 4.78 is 4.78. The Hall–Kier alpha value is -4.02. The Morgan fingerprint density at radius 1 is 0.656 bits per heavy atom. The second-order valence-electron chi connectivity index (χ2n) is 7.92. The maximum Gasteiger partial charge on any atom is 0.146 e. The molecule has 7 rings (SSSR count). The lowest BCUT2D eigenvalue weighted by Gasteiger charge is -2.09. The van der Waals surface area contributed by atoms with Crippen LogP contribution in [-0.2, 0) is 0 Å². The number of hydrogen-bond donors (Lipinski definition) is 0. The third kappa shape index (κ3) is 2.53. The third-order valence-corrected chi connectivity index (χ3v) is 7.15. The highest BCUT2D eigenvalue weighted by atomic mass is 32.1. The Morgan fingerprint density at radius 3 is 2.41 bits per heavy atom. The molecule has 0 spiro atoms. The summed E-state index contributed by atoms with van der Waals surface area (Å²) in [6.07, 6.45) is 1.84. The largest absolute Gasteiger partial charge is 0.294 e. The van der Waals surface area contributed by atoms with Gasteiger partial charge in [0.2, 0.25) is 0 Å². The first-order chi connectivity index (χ1) is 15.9.